The first-order chi connectivity index (χ1) is 14.5. The summed E-state index contributed by atoms with van der Waals surface area (Å²) in [6.07, 6.45) is 3.25. The first-order valence-electron chi connectivity index (χ1n) is 9.26. The van der Waals surface area contributed by atoms with Crippen LogP contribution in [0.5, 0.6) is 5.75 Å². The van der Waals surface area contributed by atoms with Gasteiger partial charge in [-0.3, -0.25) is 4.79 Å². The van der Waals surface area contributed by atoms with Crippen LogP contribution in [-0.4, -0.2) is 11.6 Å². The lowest BCUT2D eigenvalue weighted by atomic mass is 10.2. The largest absolute Gasteiger partial charge is 0.489 e. The maximum Gasteiger partial charge on any atom is 0.271 e. The van der Waals surface area contributed by atoms with Gasteiger partial charge in [0.05, 0.1) is 5.71 Å². The Balaban J connectivity index is 1.53. The molecule has 0 aliphatic rings. The quantitative estimate of drug-likeness (QED) is 0.343. The van der Waals surface area contributed by atoms with Crippen LogP contribution < -0.4 is 10.2 Å². The van der Waals surface area contributed by atoms with Crippen molar-refractivity contribution in [3.05, 3.63) is 106 Å². The van der Waals surface area contributed by atoms with Gasteiger partial charge in [0.25, 0.3) is 5.91 Å². The van der Waals surface area contributed by atoms with Crippen LogP contribution in [0.1, 0.15) is 28.4 Å². The second-order valence-electron chi connectivity index (χ2n) is 6.49. The number of amides is 1. The van der Waals surface area contributed by atoms with E-state index in [2.05, 4.69) is 26.5 Å². The molecule has 0 spiro atoms. The van der Waals surface area contributed by atoms with Crippen LogP contribution in [0, 0.1) is 5.82 Å². The van der Waals surface area contributed by atoms with Crippen molar-refractivity contribution in [1.29, 1.82) is 0 Å². The summed E-state index contributed by atoms with van der Waals surface area (Å²) in [6, 6.07) is 21.1. The summed E-state index contributed by atoms with van der Waals surface area (Å²) >= 11 is 3.40. The van der Waals surface area contributed by atoms with Crippen molar-refractivity contribution >= 4 is 33.6 Å². The Bertz CT molecular complexity index is 1060. The molecular formula is C24H20BrFN2O2. The molecule has 0 aliphatic carbocycles. The van der Waals surface area contributed by atoms with Gasteiger partial charge in [0.15, 0.2) is 0 Å². The van der Waals surface area contributed by atoms with Crippen molar-refractivity contribution in [3.63, 3.8) is 0 Å². The fraction of sp³-hybridized carbons (Fsp3) is 0.0833. The zero-order chi connectivity index (χ0) is 21.3. The molecule has 0 heterocycles. The molecule has 1 N–H and O–H groups in total. The minimum absolute atomic E-state index is 0.312. The second-order valence-corrected chi connectivity index (χ2v) is 7.40. The van der Waals surface area contributed by atoms with Crippen molar-refractivity contribution in [1.82, 2.24) is 5.43 Å². The van der Waals surface area contributed by atoms with Crippen LogP contribution in [0.25, 0.3) is 6.08 Å². The first-order valence-corrected chi connectivity index (χ1v) is 10.0. The molecule has 0 saturated heterocycles. The molecule has 30 heavy (non-hydrogen) atoms. The lowest BCUT2D eigenvalue weighted by Crippen LogP contribution is -2.18. The van der Waals surface area contributed by atoms with Crippen molar-refractivity contribution in [2.75, 3.05) is 0 Å². The monoisotopic (exact) mass is 466 g/mol. The predicted molar refractivity (Wildman–Crippen MR) is 121 cm³/mol. The molecule has 6 heteroatoms. The summed E-state index contributed by atoms with van der Waals surface area (Å²) in [4.78, 5) is 12.3. The third-order valence-corrected chi connectivity index (χ3v) is 4.71. The van der Waals surface area contributed by atoms with Crippen LogP contribution in [0.2, 0.25) is 0 Å². The highest BCUT2D eigenvalue weighted by atomic mass is 79.9. The van der Waals surface area contributed by atoms with E-state index in [1.54, 1.807) is 61.5 Å². The zero-order valence-electron chi connectivity index (χ0n) is 16.3. The number of carbonyl (C=O) groups is 1. The molecule has 3 aromatic carbocycles. The van der Waals surface area contributed by atoms with E-state index in [0.29, 0.717) is 29.2 Å². The van der Waals surface area contributed by atoms with Crippen LogP contribution in [0.3, 0.4) is 0 Å². The standard InChI is InChI=1S/C24H20BrFN2O2/c1-17(6-9-19-4-2-3-5-23(19)26)27-28-24(29)20-10-14-22(15-11-20)30-16-18-7-12-21(25)13-8-18/h2-15H,16H2,1H3,(H,28,29)/b9-6-,27-17+. The Morgan fingerprint density at radius 3 is 2.47 bits per heavy atom. The van der Waals surface area contributed by atoms with E-state index in [0.717, 1.165) is 10.0 Å². The molecule has 0 radical (unpaired) electrons. The smallest absolute Gasteiger partial charge is 0.271 e. The molecule has 3 rings (SSSR count). The number of hydrazone groups is 1. The fourth-order valence-corrected chi connectivity index (χ4v) is 2.78. The van der Waals surface area contributed by atoms with Crippen molar-refractivity contribution in [2.45, 2.75) is 13.5 Å². The average molecular weight is 467 g/mol. The first kappa shape index (κ1) is 21.5. The van der Waals surface area contributed by atoms with E-state index in [1.807, 2.05) is 24.3 Å². The molecule has 0 aliphatic heterocycles. The molecule has 0 bridgehead atoms. The molecular weight excluding hydrogens is 447 g/mol. The van der Waals surface area contributed by atoms with E-state index in [-0.39, 0.29) is 11.7 Å². The van der Waals surface area contributed by atoms with Crippen molar-refractivity contribution < 1.29 is 13.9 Å². The molecule has 1 amide bonds. The Labute approximate surface area is 183 Å². The number of rotatable bonds is 7. The molecule has 0 unspecified atom stereocenters. The lowest BCUT2D eigenvalue weighted by molar-refractivity contribution is 0.0955. The van der Waals surface area contributed by atoms with Crippen molar-refractivity contribution in [3.8, 4) is 5.75 Å². The highest BCUT2D eigenvalue weighted by molar-refractivity contribution is 9.10. The highest BCUT2D eigenvalue weighted by Gasteiger charge is 2.05. The number of allylic oxidation sites excluding steroid dienone is 1. The second kappa shape index (κ2) is 10.5. The number of hydrogen-bond donors (Lipinski definition) is 1. The highest BCUT2D eigenvalue weighted by Crippen LogP contribution is 2.16. The molecule has 0 aromatic heterocycles. The third-order valence-electron chi connectivity index (χ3n) is 4.18. The lowest BCUT2D eigenvalue weighted by Gasteiger charge is -2.07. The van der Waals surface area contributed by atoms with Gasteiger partial charge in [-0.25, -0.2) is 9.82 Å². The maximum absolute atomic E-state index is 13.6. The summed E-state index contributed by atoms with van der Waals surface area (Å²) in [5.41, 5.74) is 5.00. The minimum atomic E-state index is -0.340. The normalized spacial score (nSPS) is 11.5. The molecule has 152 valence electrons. The number of nitrogens with zero attached hydrogens (tertiary/aromatic N) is 1. The van der Waals surface area contributed by atoms with Gasteiger partial charge in [-0.1, -0.05) is 52.3 Å². The van der Waals surface area contributed by atoms with Crippen LogP contribution in [-0.2, 0) is 6.61 Å². The Morgan fingerprint density at radius 1 is 1.07 bits per heavy atom. The number of hydrogen-bond acceptors (Lipinski definition) is 3. The number of ether oxygens (including phenoxy) is 1. The van der Waals surface area contributed by atoms with E-state index in [9.17, 15) is 9.18 Å². The third kappa shape index (κ3) is 6.39. The number of nitrogens with one attached hydrogen (secondary N) is 1. The van der Waals surface area contributed by atoms with E-state index < -0.39 is 0 Å². The van der Waals surface area contributed by atoms with Gasteiger partial charge in [0, 0.05) is 15.6 Å². The van der Waals surface area contributed by atoms with Gasteiger partial charge >= 0.3 is 0 Å². The molecule has 0 atom stereocenters. The van der Waals surface area contributed by atoms with Crippen LogP contribution >= 0.6 is 15.9 Å². The van der Waals surface area contributed by atoms with E-state index in [4.69, 9.17) is 4.74 Å². The number of benzene rings is 3. The van der Waals surface area contributed by atoms with Crippen molar-refractivity contribution in [2.24, 2.45) is 5.10 Å². The van der Waals surface area contributed by atoms with E-state index in [1.165, 1.54) is 6.07 Å². The van der Waals surface area contributed by atoms with E-state index >= 15 is 0 Å². The van der Waals surface area contributed by atoms with Crippen LogP contribution in [0.15, 0.2) is 88.4 Å². The number of halogens is 2. The molecule has 4 nitrogen and oxygen atoms in total. The topological polar surface area (TPSA) is 50.7 Å². The Morgan fingerprint density at radius 2 is 1.77 bits per heavy atom. The summed E-state index contributed by atoms with van der Waals surface area (Å²) in [5, 5.41) is 4.02. The fourth-order valence-electron chi connectivity index (χ4n) is 2.51. The van der Waals surface area contributed by atoms with Gasteiger partial charge in [0.2, 0.25) is 0 Å². The van der Waals surface area contributed by atoms with Gasteiger partial charge in [-0.15, -0.1) is 0 Å². The molecule has 0 fully saturated rings. The predicted octanol–water partition coefficient (Wildman–Crippen LogP) is 5.99. The summed E-state index contributed by atoms with van der Waals surface area (Å²) in [5.74, 6) is 0.0168. The van der Waals surface area contributed by atoms with Crippen LogP contribution in [0.4, 0.5) is 4.39 Å². The minimum Gasteiger partial charge on any atom is -0.489 e. The SMILES string of the molecule is CC(/C=C\c1ccccc1F)=N\NC(=O)c1ccc(OCc2ccc(Br)cc2)cc1. The summed E-state index contributed by atoms with van der Waals surface area (Å²) in [6.45, 7) is 2.16. The maximum atomic E-state index is 13.6. The zero-order valence-corrected chi connectivity index (χ0v) is 17.9. The Kier molecular flexibility index (Phi) is 7.51. The summed E-state index contributed by atoms with van der Waals surface area (Å²) < 4.78 is 20.4. The Hall–Kier alpha value is -3.25. The van der Waals surface area contributed by atoms with Gasteiger partial charge in [-0.2, -0.15) is 5.10 Å². The van der Waals surface area contributed by atoms with Gasteiger partial charge in [0.1, 0.15) is 18.2 Å². The number of carbonyl (C=O) groups excluding carboxylic acids is 1. The summed E-state index contributed by atoms with van der Waals surface area (Å²) in [7, 11) is 0. The average Bonchev–Trinajstić information content (AvgIpc) is 2.77. The van der Waals surface area contributed by atoms with Gasteiger partial charge in [-0.05, 0) is 61.0 Å². The molecule has 0 saturated carbocycles. The van der Waals surface area contributed by atoms with Gasteiger partial charge < -0.3 is 4.74 Å². The molecule has 3 aromatic rings.